The molecule has 9 heteroatoms. The molecule has 7 nitrogen and oxygen atoms in total. The average molecular weight is 473 g/mol. The number of piperazine rings is 1. The van der Waals surface area contributed by atoms with E-state index >= 15 is 0 Å². The Kier molecular flexibility index (Phi) is 8.19. The first-order valence-electron chi connectivity index (χ1n) is 10.7. The summed E-state index contributed by atoms with van der Waals surface area (Å²) < 4.78 is 13.4. The molecule has 2 aromatic carbocycles. The minimum absolute atomic E-state index is 0.0206. The zero-order valence-electron chi connectivity index (χ0n) is 18.3. The second kappa shape index (κ2) is 11.1. The Bertz CT molecular complexity index is 1170. The number of carbonyl (C=O) groups is 2. The van der Waals surface area contributed by atoms with Crippen molar-refractivity contribution in [2.24, 2.45) is 0 Å². The second-order valence-electron chi connectivity index (χ2n) is 7.64. The molecule has 1 aliphatic heterocycles. The van der Waals surface area contributed by atoms with Crippen molar-refractivity contribution in [3.63, 3.8) is 0 Å². The van der Waals surface area contributed by atoms with Crippen molar-refractivity contribution in [2.45, 2.75) is 19.8 Å². The standard InChI is InChI=1S/C20H18ClFN4O.C4H8O2/c21-15-11-18(12-2-4-16(22)17(23)9-12)25-19-10-13(1-3-14(15)19)20(27)26-7-5-24-6-8-26;1-2-3-4(5)6/h1-4,9-11,24H,5-8,23H2;2-3H2,1H3,(H,5,6). The summed E-state index contributed by atoms with van der Waals surface area (Å²) in [5.41, 5.74) is 8.14. The number of benzene rings is 2. The molecule has 0 radical (unpaired) electrons. The minimum atomic E-state index is -0.711. The maximum Gasteiger partial charge on any atom is 0.303 e. The van der Waals surface area contributed by atoms with Crippen LogP contribution >= 0.6 is 11.6 Å². The van der Waals surface area contributed by atoms with Crippen LogP contribution in [-0.2, 0) is 4.79 Å². The lowest BCUT2D eigenvalue weighted by Crippen LogP contribution is -2.46. The van der Waals surface area contributed by atoms with Gasteiger partial charge in [0.05, 0.1) is 21.9 Å². The molecule has 33 heavy (non-hydrogen) atoms. The molecule has 0 bridgehead atoms. The number of pyridine rings is 1. The van der Waals surface area contributed by atoms with Crippen LogP contribution < -0.4 is 11.1 Å². The second-order valence-corrected chi connectivity index (χ2v) is 8.05. The maximum atomic E-state index is 13.4. The predicted octanol–water partition coefficient (Wildman–Crippen LogP) is 4.19. The number of nitrogens with one attached hydrogen (secondary N) is 1. The molecule has 1 saturated heterocycles. The van der Waals surface area contributed by atoms with Crippen LogP contribution in [0.3, 0.4) is 0 Å². The third-order valence-electron chi connectivity index (χ3n) is 5.17. The van der Waals surface area contributed by atoms with Gasteiger partial charge in [0.2, 0.25) is 0 Å². The third kappa shape index (κ3) is 6.18. The van der Waals surface area contributed by atoms with Crippen LogP contribution in [0.2, 0.25) is 5.02 Å². The van der Waals surface area contributed by atoms with Gasteiger partial charge in [0, 0.05) is 49.1 Å². The van der Waals surface area contributed by atoms with E-state index in [1.54, 1.807) is 24.3 Å². The van der Waals surface area contributed by atoms with Crippen molar-refractivity contribution in [2.75, 3.05) is 31.9 Å². The molecule has 0 spiro atoms. The van der Waals surface area contributed by atoms with Crippen LogP contribution in [0.5, 0.6) is 0 Å². The first-order chi connectivity index (χ1) is 15.8. The first kappa shape index (κ1) is 24.4. The molecule has 174 valence electrons. The average Bonchev–Trinajstić information content (AvgIpc) is 2.81. The Morgan fingerprint density at radius 2 is 1.91 bits per heavy atom. The highest BCUT2D eigenvalue weighted by atomic mass is 35.5. The van der Waals surface area contributed by atoms with E-state index in [4.69, 9.17) is 22.4 Å². The van der Waals surface area contributed by atoms with E-state index < -0.39 is 11.8 Å². The van der Waals surface area contributed by atoms with Crippen molar-refractivity contribution in [3.8, 4) is 11.3 Å². The maximum absolute atomic E-state index is 13.4. The molecule has 0 atom stereocenters. The van der Waals surface area contributed by atoms with Gasteiger partial charge >= 0.3 is 5.97 Å². The quantitative estimate of drug-likeness (QED) is 0.491. The molecule has 1 fully saturated rings. The van der Waals surface area contributed by atoms with Crippen LogP contribution in [0.15, 0.2) is 42.5 Å². The summed E-state index contributed by atoms with van der Waals surface area (Å²) in [7, 11) is 0. The predicted molar refractivity (Wildman–Crippen MR) is 128 cm³/mol. The van der Waals surface area contributed by atoms with Gasteiger partial charge in [-0.1, -0.05) is 24.6 Å². The van der Waals surface area contributed by atoms with Gasteiger partial charge in [-0.25, -0.2) is 9.37 Å². The summed E-state index contributed by atoms with van der Waals surface area (Å²) in [5, 5.41) is 12.4. The molecule has 0 aliphatic carbocycles. The van der Waals surface area contributed by atoms with Gasteiger partial charge in [0.25, 0.3) is 5.91 Å². The van der Waals surface area contributed by atoms with Gasteiger partial charge in [0.1, 0.15) is 5.82 Å². The number of rotatable bonds is 4. The molecule has 4 rings (SSSR count). The number of nitrogens with two attached hydrogens (primary N) is 1. The zero-order chi connectivity index (χ0) is 24.0. The highest BCUT2D eigenvalue weighted by Gasteiger charge is 2.19. The van der Waals surface area contributed by atoms with E-state index in [-0.39, 0.29) is 11.6 Å². The topological polar surface area (TPSA) is 109 Å². The van der Waals surface area contributed by atoms with Gasteiger partial charge in [-0.05, 0) is 42.8 Å². The van der Waals surface area contributed by atoms with Crippen molar-refractivity contribution in [1.29, 1.82) is 0 Å². The number of nitrogens with zero attached hydrogens (tertiary/aromatic N) is 2. The largest absolute Gasteiger partial charge is 0.481 e. The Hall–Kier alpha value is -3.23. The Labute approximate surface area is 196 Å². The molecule has 1 amide bonds. The molecule has 4 N–H and O–H groups in total. The summed E-state index contributed by atoms with van der Waals surface area (Å²) in [4.78, 5) is 28.8. The SMILES string of the molecule is CCCC(=O)O.Nc1cc(-c2cc(Cl)c3ccc(C(=O)N4CCNCC4)cc3n2)ccc1F. The van der Waals surface area contributed by atoms with Gasteiger partial charge < -0.3 is 21.1 Å². The summed E-state index contributed by atoms with van der Waals surface area (Å²) in [6, 6.07) is 11.5. The van der Waals surface area contributed by atoms with Crippen LogP contribution in [0, 0.1) is 5.82 Å². The lowest BCUT2D eigenvalue weighted by molar-refractivity contribution is -0.137. The summed E-state index contributed by atoms with van der Waals surface area (Å²) in [6.45, 7) is 4.78. The van der Waals surface area contributed by atoms with Crippen molar-refractivity contribution in [3.05, 3.63) is 58.9 Å². The lowest BCUT2D eigenvalue weighted by Gasteiger charge is -2.27. The van der Waals surface area contributed by atoms with Gasteiger partial charge in [-0.2, -0.15) is 0 Å². The zero-order valence-corrected chi connectivity index (χ0v) is 19.0. The Morgan fingerprint density at radius 3 is 2.52 bits per heavy atom. The van der Waals surface area contributed by atoms with E-state index in [9.17, 15) is 14.0 Å². The third-order valence-corrected chi connectivity index (χ3v) is 5.48. The highest BCUT2D eigenvalue weighted by molar-refractivity contribution is 6.35. The van der Waals surface area contributed by atoms with E-state index in [1.165, 1.54) is 12.1 Å². The summed E-state index contributed by atoms with van der Waals surface area (Å²) in [5.74, 6) is -1.21. The summed E-state index contributed by atoms with van der Waals surface area (Å²) >= 11 is 6.41. The Morgan fingerprint density at radius 1 is 1.18 bits per heavy atom. The van der Waals surface area contributed by atoms with Crippen molar-refractivity contribution in [1.82, 2.24) is 15.2 Å². The fraction of sp³-hybridized carbons (Fsp3) is 0.292. The fourth-order valence-electron chi connectivity index (χ4n) is 3.43. The van der Waals surface area contributed by atoms with Crippen molar-refractivity contribution < 1.29 is 19.1 Å². The molecule has 2 heterocycles. The number of fused-ring (bicyclic) bond motifs is 1. The number of nitrogen functional groups attached to an aromatic ring is 1. The van der Waals surface area contributed by atoms with Crippen LogP contribution in [0.25, 0.3) is 22.2 Å². The van der Waals surface area contributed by atoms with E-state index in [0.717, 1.165) is 24.9 Å². The van der Waals surface area contributed by atoms with Gasteiger partial charge in [-0.15, -0.1) is 0 Å². The number of aliphatic carboxylic acids is 1. The molecule has 0 saturated carbocycles. The molecular formula is C24H26ClFN4O3. The van der Waals surface area contributed by atoms with E-state index in [0.29, 0.717) is 46.9 Å². The number of aromatic nitrogens is 1. The number of carbonyl (C=O) groups excluding carboxylic acids is 1. The van der Waals surface area contributed by atoms with Crippen LogP contribution in [-0.4, -0.2) is 53.0 Å². The lowest BCUT2D eigenvalue weighted by atomic mass is 10.1. The van der Waals surface area contributed by atoms with E-state index in [1.807, 2.05) is 17.9 Å². The molecule has 1 aromatic heterocycles. The van der Waals surface area contributed by atoms with Gasteiger partial charge in [0.15, 0.2) is 0 Å². The number of amides is 1. The monoisotopic (exact) mass is 472 g/mol. The highest BCUT2D eigenvalue weighted by Crippen LogP contribution is 2.30. The number of carboxylic acids is 1. The molecular weight excluding hydrogens is 447 g/mol. The van der Waals surface area contributed by atoms with Crippen LogP contribution in [0.4, 0.5) is 10.1 Å². The summed E-state index contributed by atoms with van der Waals surface area (Å²) in [6.07, 6.45) is 1.02. The molecule has 0 unspecified atom stereocenters. The minimum Gasteiger partial charge on any atom is -0.481 e. The normalized spacial score (nSPS) is 13.4. The van der Waals surface area contributed by atoms with Crippen molar-refractivity contribution >= 4 is 40.1 Å². The smallest absolute Gasteiger partial charge is 0.303 e. The fourth-order valence-corrected chi connectivity index (χ4v) is 3.70. The number of hydrogen-bond acceptors (Lipinski definition) is 5. The first-order valence-corrected chi connectivity index (χ1v) is 11.1. The number of anilines is 1. The van der Waals surface area contributed by atoms with E-state index in [2.05, 4.69) is 10.3 Å². The molecule has 1 aliphatic rings. The van der Waals surface area contributed by atoms with Crippen LogP contribution in [0.1, 0.15) is 30.1 Å². The molecule has 3 aromatic rings. The number of hydrogen-bond donors (Lipinski definition) is 3. The Balaban J connectivity index is 0.000000454. The number of carboxylic acid groups (broad SMARTS) is 1. The number of halogens is 2. The van der Waals surface area contributed by atoms with Gasteiger partial charge in [-0.3, -0.25) is 9.59 Å².